The van der Waals surface area contributed by atoms with Crippen LogP contribution in [0.4, 0.5) is 5.00 Å². The molecule has 0 spiro atoms. The van der Waals surface area contributed by atoms with E-state index in [0.717, 1.165) is 21.5 Å². The monoisotopic (exact) mass is 490 g/mol. The van der Waals surface area contributed by atoms with Gasteiger partial charge in [0.2, 0.25) is 0 Å². The molecule has 1 amide bonds. The maximum atomic E-state index is 13.5. The number of esters is 1. The van der Waals surface area contributed by atoms with Crippen LogP contribution < -0.4 is 5.32 Å². The first kappa shape index (κ1) is 22.2. The van der Waals surface area contributed by atoms with Crippen LogP contribution in [-0.4, -0.2) is 23.1 Å². The highest BCUT2D eigenvalue weighted by Gasteiger charge is 2.25. The number of anilines is 1. The van der Waals surface area contributed by atoms with Crippen molar-refractivity contribution in [3.8, 4) is 10.4 Å². The lowest BCUT2D eigenvalue weighted by molar-refractivity contribution is 0.0529. The van der Waals surface area contributed by atoms with Gasteiger partial charge in [0.15, 0.2) is 5.58 Å². The molecule has 5 aromatic rings. The molecular weight excluding hydrogens is 468 g/mol. The molecule has 0 atom stereocenters. The van der Waals surface area contributed by atoms with Gasteiger partial charge >= 0.3 is 5.97 Å². The third-order valence-electron chi connectivity index (χ3n) is 5.50. The molecule has 0 unspecified atom stereocenters. The van der Waals surface area contributed by atoms with E-state index in [9.17, 15) is 9.59 Å². The van der Waals surface area contributed by atoms with E-state index in [0.29, 0.717) is 28.4 Å². The summed E-state index contributed by atoms with van der Waals surface area (Å²) in [5.74, 6) is -0.769. The Morgan fingerprint density at radius 1 is 1.12 bits per heavy atom. The van der Waals surface area contributed by atoms with Crippen molar-refractivity contribution in [2.45, 2.75) is 20.4 Å². The Kier molecular flexibility index (Phi) is 6.08. The number of fused-ring (bicyclic) bond motifs is 1. The van der Waals surface area contributed by atoms with Crippen molar-refractivity contribution in [3.05, 3.63) is 87.9 Å². The number of amides is 1. The van der Waals surface area contributed by atoms with E-state index >= 15 is 0 Å². The number of furan rings is 1. The van der Waals surface area contributed by atoms with Gasteiger partial charge < -0.3 is 19.0 Å². The summed E-state index contributed by atoms with van der Waals surface area (Å²) in [4.78, 5) is 27.2. The Hall–Kier alpha value is -3.62. The van der Waals surface area contributed by atoms with Gasteiger partial charge in [0.1, 0.15) is 16.3 Å². The van der Waals surface area contributed by atoms with Crippen LogP contribution in [0.15, 0.2) is 70.0 Å². The predicted octanol–water partition coefficient (Wildman–Crippen LogP) is 6.81. The molecule has 4 aromatic heterocycles. The number of carbonyl (C=O) groups excluding carboxylic acids is 2. The molecule has 8 heteroatoms. The first-order chi connectivity index (χ1) is 16.5. The summed E-state index contributed by atoms with van der Waals surface area (Å²) in [6.07, 6.45) is 1.61. The fourth-order valence-electron chi connectivity index (χ4n) is 3.85. The lowest BCUT2D eigenvalue weighted by Crippen LogP contribution is -2.18. The minimum Gasteiger partial charge on any atom is -0.463 e. The molecule has 34 heavy (non-hydrogen) atoms. The highest BCUT2D eigenvalue weighted by Crippen LogP contribution is 2.38. The normalized spacial score (nSPS) is 11.1. The van der Waals surface area contributed by atoms with Gasteiger partial charge in [-0.2, -0.15) is 0 Å². The highest BCUT2D eigenvalue weighted by atomic mass is 32.1. The number of hydrogen-bond acceptors (Lipinski definition) is 6. The second-order valence-electron chi connectivity index (χ2n) is 7.78. The number of rotatable bonds is 7. The van der Waals surface area contributed by atoms with Crippen molar-refractivity contribution in [1.82, 2.24) is 4.57 Å². The number of nitrogens with zero attached hydrogens (tertiary/aromatic N) is 1. The van der Waals surface area contributed by atoms with Gasteiger partial charge in [-0.15, -0.1) is 22.7 Å². The van der Waals surface area contributed by atoms with E-state index < -0.39 is 5.97 Å². The molecule has 0 aliphatic rings. The Balaban J connectivity index is 1.50. The Bertz CT molecular complexity index is 1460. The van der Waals surface area contributed by atoms with Crippen LogP contribution in [-0.2, 0) is 11.3 Å². The van der Waals surface area contributed by atoms with Gasteiger partial charge in [-0.25, -0.2) is 4.79 Å². The average Bonchev–Trinajstić information content (AvgIpc) is 3.60. The summed E-state index contributed by atoms with van der Waals surface area (Å²) >= 11 is 2.85. The molecule has 1 aromatic carbocycles. The van der Waals surface area contributed by atoms with Gasteiger partial charge in [0, 0.05) is 34.5 Å². The number of carbonyl (C=O) groups is 2. The number of aromatic nitrogens is 1. The summed E-state index contributed by atoms with van der Waals surface area (Å²) in [5.41, 5.74) is 5.31. The van der Waals surface area contributed by atoms with E-state index in [1.54, 1.807) is 19.3 Å². The molecule has 0 fully saturated rings. The summed E-state index contributed by atoms with van der Waals surface area (Å²) in [5, 5.41) is 7.25. The first-order valence-corrected chi connectivity index (χ1v) is 12.6. The number of benzene rings is 1. The van der Waals surface area contributed by atoms with Crippen molar-refractivity contribution in [2.24, 2.45) is 0 Å². The molecule has 0 aliphatic heterocycles. The lowest BCUT2D eigenvalue weighted by atomic mass is 10.1. The molecule has 0 aliphatic carbocycles. The minimum absolute atomic E-state index is 0.252. The number of hydrogen-bond donors (Lipinski definition) is 1. The van der Waals surface area contributed by atoms with Crippen LogP contribution in [0, 0.1) is 6.92 Å². The zero-order valence-corrected chi connectivity index (χ0v) is 20.3. The Morgan fingerprint density at radius 3 is 2.68 bits per heavy atom. The number of nitrogens with one attached hydrogen (secondary N) is 1. The SMILES string of the molecule is CCOC(=O)c1c(-c2cccs2)csc1NC(=O)c1cc2occc2n1Cc1ccc(C)cc1. The molecule has 172 valence electrons. The number of ether oxygens (including phenoxy) is 1. The minimum atomic E-state index is -0.453. The third-order valence-corrected chi connectivity index (χ3v) is 7.30. The van der Waals surface area contributed by atoms with Crippen LogP contribution >= 0.6 is 22.7 Å². The van der Waals surface area contributed by atoms with Crippen LogP contribution in [0.25, 0.3) is 21.5 Å². The van der Waals surface area contributed by atoms with Gasteiger partial charge in [0.25, 0.3) is 5.91 Å². The second kappa shape index (κ2) is 9.32. The van der Waals surface area contributed by atoms with Crippen molar-refractivity contribution < 1.29 is 18.7 Å². The summed E-state index contributed by atoms with van der Waals surface area (Å²) in [7, 11) is 0. The molecule has 0 saturated carbocycles. The molecule has 4 heterocycles. The van der Waals surface area contributed by atoms with E-state index in [2.05, 4.69) is 17.4 Å². The fraction of sp³-hybridized carbons (Fsp3) is 0.154. The molecule has 0 bridgehead atoms. The average molecular weight is 491 g/mol. The third kappa shape index (κ3) is 4.18. The van der Waals surface area contributed by atoms with E-state index in [1.165, 1.54) is 28.2 Å². The van der Waals surface area contributed by atoms with Crippen LogP contribution in [0.2, 0.25) is 0 Å². The lowest BCUT2D eigenvalue weighted by Gasteiger charge is -2.12. The van der Waals surface area contributed by atoms with Gasteiger partial charge in [-0.3, -0.25) is 4.79 Å². The largest absolute Gasteiger partial charge is 0.463 e. The predicted molar refractivity (Wildman–Crippen MR) is 136 cm³/mol. The second-order valence-corrected chi connectivity index (χ2v) is 9.60. The van der Waals surface area contributed by atoms with E-state index in [4.69, 9.17) is 9.15 Å². The number of aryl methyl sites for hydroxylation is 1. The molecule has 0 radical (unpaired) electrons. The standard InChI is InChI=1S/C26H22N2O4S2/c1-3-31-26(30)23-18(22-5-4-12-33-22)15-34-25(23)27-24(29)20-13-21-19(10-11-32-21)28(20)14-17-8-6-16(2)7-9-17/h4-13,15H,3,14H2,1-2H3,(H,27,29). The summed E-state index contributed by atoms with van der Waals surface area (Å²) in [6.45, 7) is 4.57. The zero-order chi connectivity index (χ0) is 23.7. The maximum absolute atomic E-state index is 13.5. The van der Waals surface area contributed by atoms with Crippen LogP contribution in [0.3, 0.4) is 0 Å². The fourth-order valence-corrected chi connectivity index (χ4v) is 5.61. The van der Waals surface area contributed by atoms with E-state index in [-0.39, 0.29) is 12.5 Å². The Labute approximate surface area is 204 Å². The van der Waals surface area contributed by atoms with Gasteiger partial charge in [-0.1, -0.05) is 35.9 Å². The molecular formula is C26H22N2O4S2. The quantitative estimate of drug-likeness (QED) is 0.254. The molecule has 5 rings (SSSR count). The number of thiophene rings is 2. The van der Waals surface area contributed by atoms with E-state index in [1.807, 2.05) is 52.6 Å². The molecule has 6 nitrogen and oxygen atoms in total. The van der Waals surface area contributed by atoms with Crippen LogP contribution in [0.5, 0.6) is 0 Å². The summed E-state index contributed by atoms with van der Waals surface area (Å²) < 4.78 is 12.8. The summed E-state index contributed by atoms with van der Waals surface area (Å²) in [6, 6.07) is 15.7. The van der Waals surface area contributed by atoms with Crippen molar-refractivity contribution >= 4 is 50.7 Å². The maximum Gasteiger partial charge on any atom is 0.341 e. The highest BCUT2D eigenvalue weighted by molar-refractivity contribution is 7.17. The van der Waals surface area contributed by atoms with Crippen molar-refractivity contribution in [3.63, 3.8) is 0 Å². The van der Waals surface area contributed by atoms with Gasteiger partial charge in [-0.05, 0) is 30.9 Å². The van der Waals surface area contributed by atoms with Crippen molar-refractivity contribution in [1.29, 1.82) is 0 Å². The molecule has 1 N–H and O–H groups in total. The van der Waals surface area contributed by atoms with Gasteiger partial charge in [0.05, 0.1) is 18.4 Å². The molecule has 0 saturated heterocycles. The van der Waals surface area contributed by atoms with Crippen molar-refractivity contribution in [2.75, 3.05) is 11.9 Å². The van der Waals surface area contributed by atoms with Crippen LogP contribution in [0.1, 0.15) is 38.9 Å². The first-order valence-electron chi connectivity index (χ1n) is 10.8. The topological polar surface area (TPSA) is 73.5 Å². The zero-order valence-electron chi connectivity index (χ0n) is 18.7. The smallest absolute Gasteiger partial charge is 0.341 e. The Morgan fingerprint density at radius 2 is 1.94 bits per heavy atom.